The molecule has 0 aliphatic carbocycles. The summed E-state index contributed by atoms with van der Waals surface area (Å²) in [6.07, 6.45) is 0.538. The summed E-state index contributed by atoms with van der Waals surface area (Å²) in [7, 11) is -1.33. The van der Waals surface area contributed by atoms with Crippen molar-refractivity contribution in [2.24, 2.45) is 0 Å². The number of nitrogens with zero attached hydrogens (tertiary/aromatic N) is 1. The monoisotopic (exact) mass is 401 g/mol. The Bertz CT molecular complexity index is 858. The summed E-state index contributed by atoms with van der Waals surface area (Å²) in [4.78, 5) is 27.7. The highest BCUT2D eigenvalue weighted by atomic mass is 32.2. The zero-order valence-electron chi connectivity index (χ0n) is 17.0. The molecular formula is C22H27NO4S. The van der Waals surface area contributed by atoms with Crippen LogP contribution in [-0.2, 0) is 26.9 Å². The maximum Gasteiger partial charge on any atom is 0.340 e. The lowest BCUT2D eigenvalue weighted by Crippen LogP contribution is -2.49. The van der Waals surface area contributed by atoms with Crippen LogP contribution in [0.4, 0.5) is 0 Å². The van der Waals surface area contributed by atoms with E-state index in [2.05, 4.69) is 0 Å². The molecule has 2 aromatic rings. The van der Waals surface area contributed by atoms with Gasteiger partial charge < -0.3 is 9.64 Å². The molecule has 0 aliphatic heterocycles. The average Bonchev–Trinajstić information content (AvgIpc) is 2.65. The molecule has 2 atom stereocenters. The summed E-state index contributed by atoms with van der Waals surface area (Å²) in [6, 6.07) is 16.2. The van der Waals surface area contributed by atoms with Gasteiger partial charge in [-0.1, -0.05) is 42.5 Å². The number of rotatable bonds is 6. The normalized spacial score (nSPS) is 13.5. The van der Waals surface area contributed by atoms with Gasteiger partial charge in [0.05, 0.1) is 21.3 Å². The predicted octanol–water partition coefficient (Wildman–Crippen LogP) is 3.80. The van der Waals surface area contributed by atoms with E-state index in [0.717, 1.165) is 5.56 Å². The highest BCUT2D eigenvalue weighted by Gasteiger charge is 2.32. The first kappa shape index (κ1) is 21.8. The highest BCUT2D eigenvalue weighted by molar-refractivity contribution is 7.84. The van der Waals surface area contributed by atoms with Crippen molar-refractivity contribution < 1.29 is 18.5 Å². The van der Waals surface area contributed by atoms with E-state index in [1.807, 2.05) is 51.1 Å². The molecule has 0 saturated heterocycles. The van der Waals surface area contributed by atoms with Crippen LogP contribution in [0.2, 0.25) is 0 Å². The zero-order chi connectivity index (χ0) is 20.9. The topological polar surface area (TPSA) is 63.7 Å². The third kappa shape index (κ3) is 5.52. The van der Waals surface area contributed by atoms with Gasteiger partial charge in [-0.15, -0.1) is 0 Å². The fourth-order valence-corrected chi connectivity index (χ4v) is 3.52. The maximum atomic E-state index is 13.1. The summed E-state index contributed by atoms with van der Waals surface area (Å²) in [5, 5.41) is 0. The Morgan fingerprint density at radius 3 is 2.18 bits per heavy atom. The zero-order valence-corrected chi connectivity index (χ0v) is 17.8. The van der Waals surface area contributed by atoms with E-state index in [0.29, 0.717) is 11.4 Å². The molecule has 0 heterocycles. The first-order valence-electron chi connectivity index (χ1n) is 9.10. The third-order valence-electron chi connectivity index (χ3n) is 4.31. The summed E-state index contributed by atoms with van der Waals surface area (Å²) in [5.74, 6) is -0.931. The van der Waals surface area contributed by atoms with E-state index >= 15 is 0 Å². The average molecular weight is 402 g/mol. The van der Waals surface area contributed by atoms with Crippen molar-refractivity contribution in [2.75, 3.05) is 6.26 Å². The van der Waals surface area contributed by atoms with Gasteiger partial charge in [-0.05, 0) is 45.4 Å². The summed E-state index contributed by atoms with van der Waals surface area (Å²) in [6.45, 7) is 7.81. The molecule has 150 valence electrons. The summed E-state index contributed by atoms with van der Waals surface area (Å²) in [5.41, 5.74) is 0.764. The molecule has 5 nitrogen and oxygen atoms in total. The van der Waals surface area contributed by atoms with Gasteiger partial charge in [0, 0.05) is 18.3 Å². The SMILES string of the molecule is C[C@H](OC(=O)c1ccccc1[S@@](C)=O)C(=O)N(Cc1ccccc1)C(C)(C)C. The number of hydrogen-bond donors (Lipinski definition) is 0. The summed E-state index contributed by atoms with van der Waals surface area (Å²) < 4.78 is 17.3. The quantitative estimate of drug-likeness (QED) is 0.691. The fraction of sp³-hybridized carbons (Fsp3) is 0.364. The van der Waals surface area contributed by atoms with Crippen molar-refractivity contribution in [1.82, 2.24) is 4.90 Å². The molecule has 2 aromatic carbocycles. The molecule has 1 amide bonds. The molecule has 0 spiro atoms. The van der Waals surface area contributed by atoms with Crippen LogP contribution in [0.15, 0.2) is 59.5 Å². The van der Waals surface area contributed by atoms with E-state index in [-0.39, 0.29) is 11.5 Å². The maximum absolute atomic E-state index is 13.1. The fourth-order valence-electron chi connectivity index (χ4n) is 2.79. The van der Waals surface area contributed by atoms with E-state index in [1.54, 1.807) is 36.1 Å². The minimum Gasteiger partial charge on any atom is -0.449 e. The predicted molar refractivity (Wildman–Crippen MR) is 110 cm³/mol. The van der Waals surface area contributed by atoms with Gasteiger partial charge in [-0.3, -0.25) is 9.00 Å². The molecule has 6 heteroatoms. The summed E-state index contributed by atoms with van der Waals surface area (Å²) >= 11 is 0. The minimum absolute atomic E-state index is 0.216. The number of hydrogen-bond acceptors (Lipinski definition) is 4. The van der Waals surface area contributed by atoms with E-state index in [9.17, 15) is 13.8 Å². The number of carbonyl (C=O) groups excluding carboxylic acids is 2. The van der Waals surface area contributed by atoms with Crippen LogP contribution in [-0.4, -0.2) is 38.9 Å². The molecule has 0 fully saturated rings. The Balaban J connectivity index is 2.19. The van der Waals surface area contributed by atoms with Gasteiger partial charge in [-0.2, -0.15) is 0 Å². The first-order valence-corrected chi connectivity index (χ1v) is 10.7. The molecule has 0 bridgehead atoms. The number of amides is 1. The second-order valence-corrected chi connectivity index (χ2v) is 8.93. The van der Waals surface area contributed by atoms with Gasteiger partial charge in [-0.25, -0.2) is 4.79 Å². The molecule has 0 aromatic heterocycles. The third-order valence-corrected chi connectivity index (χ3v) is 5.28. The van der Waals surface area contributed by atoms with Gasteiger partial charge in [0.1, 0.15) is 0 Å². The van der Waals surface area contributed by atoms with Crippen LogP contribution >= 0.6 is 0 Å². The lowest BCUT2D eigenvalue weighted by atomic mass is 10.0. The second kappa shape index (κ2) is 9.15. The van der Waals surface area contributed by atoms with Gasteiger partial charge >= 0.3 is 5.97 Å². The standard InChI is InChI=1S/C22H27NO4S/c1-16(27-21(25)18-13-9-10-14-19(18)28(5)26)20(24)23(22(2,3)4)15-17-11-7-6-8-12-17/h6-14,16H,15H2,1-5H3/t16-,28+/m0/s1. The molecule has 0 aliphatic rings. The minimum atomic E-state index is -1.33. The Hall–Kier alpha value is -2.47. The Labute approximate surface area is 169 Å². The second-order valence-electron chi connectivity index (χ2n) is 7.58. The van der Waals surface area contributed by atoms with E-state index < -0.39 is 28.4 Å². The largest absolute Gasteiger partial charge is 0.449 e. The number of benzene rings is 2. The smallest absolute Gasteiger partial charge is 0.340 e. The van der Waals surface area contributed by atoms with E-state index in [1.165, 1.54) is 6.26 Å². The first-order chi connectivity index (χ1) is 13.1. The molecule has 0 unspecified atom stereocenters. The van der Waals surface area contributed by atoms with Crippen LogP contribution in [0, 0.1) is 0 Å². The molecular weight excluding hydrogens is 374 g/mol. The lowest BCUT2D eigenvalue weighted by molar-refractivity contribution is -0.145. The van der Waals surface area contributed by atoms with Gasteiger partial charge in [0.25, 0.3) is 5.91 Å². The molecule has 0 N–H and O–H groups in total. The Morgan fingerprint density at radius 1 is 1.04 bits per heavy atom. The van der Waals surface area contributed by atoms with E-state index in [4.69, 9.17) is 4.74 Å². The highest BCUT2D eigenvalue weighted by Crippen LogP contribution is 2.21. The van der Waals surface area contributed by atoms with Crippen molar-refractivity contribution in [2.45, 2.75) is 50.8 Å². The van der Waals surface area contributed by atoms with Crippen LogP contribution < -0.4 is 0 Å². The molecule has 0 radical (unpaired) electrons. The van der Waals surface area contributed by atoms with Crippen molar-refractivity contribution in [3.8, 4) is 0 Å². The van der Waals surface area contributed by atoms with Crippen LogP contribution in [0.3, 0.4) is 0 Å². The molecule has 0 saturated carbocycles. The number of ether oxygens (including phenoxy) is 1. The Morgan fingerprint density at radius 2 is 1.61 bits per heavy atom. The van der Waals surface area contributed by atoms with Crippen molar-refractivity contribution >= 4 is 22.7 Å². The van der Waals surface area contributed by atoms with Crippen LogP contribution in [0.25, 0.3) is 0 Å². The molecule has 28 heavy (non-hydrogen) atoms. The number of esters is 1. The van der Waals surface area contributed by atoms with Gasteiger partial charge in [0.15, 0.2) is 6.10 Å². The van der Waals surface area contributed by atoms with Crippen LogP contribution in [0.1, 0.15) is 43.6 Å². The lowest BCUT2D eigenvalue weighted by Gasteiger charge is -2.37. The van der Waals surface area contributed by atoms with Gasteiger partial charge in [0.2, 0.25) is 0 Å². The van der Waals surface area contributed by atoms with Crippen molar-refractivity contribution in [3.05, 3.63) is 65.7 Å². The number of carbonyl (C=O) groups is 2. The Kier molecular flexibility index (Phi) is 7.13. The molecule has 2 rings (SSSR count). The van der Waals surface area contributed by atoms with Crippen molar-refractivity contribution in [3.63, 3.8) is 0 Å². The van der Waals surface area contributed by atoms with Crippen LogP contribution in [0.5, 0.6) is 0 Å². The van der Waals surface area contributed by atoms with Crippen molar-refractivity contribution in [1.29, 1.82) is 0 Å².